The number of sulfone groups is 2. The van der Waals surface area contributed by atoms with Crippen LogP contribution in [0.25, 0.3) is 10.8 Å². The summed E-state index contributed by atoms with van der Waals surface area (Å²) in [7, 11) is -10.3. The molecule has 59 heavy (non-hydrogen) atoms. The molecule has 0 saturated carbocycles. The Morgan fingerprint density at radius 2 is 1.19 bits per heavy atom. The molecule has 0 unspecified atom stereocenters. The fourth-order valence-electron chi connectivity index (χ4n) is 5.44. The standard InChI is InChI=1S/C36H33FN10O9S3/c1-4-57(50,51)22-9-6-20(7-10-22)39-35-41-34(37)42-36(43-35)40-21-8-17-31(59(54,55)56)29(18-21)46-47-32-24-12-16-28(33(49)25(24)13-15-27(32)38-3)45-44-26-14-11-23(19-30(26)48)58(52,53)5-2/h6-19,38,48-49H,4-5H2,1-3H3,(H,54,55,56)(H2,39,40,41,42,43). The molecule has 0 atom stereocenters. The molecular weight excluding hydrogens is 832 g/mol. The molecule has 23 heteroatoms. The molecule has 1 heterocycles. The number of hydrogen-bond acceptors (Lipinski definition) is 18. The van der Waals surface area contributed by atoms with E-state index in [0.29, 0.717) is 16.8 Å². The van der Waals surface area contributed by atoms with Crippen LogP contribution in [0, 0.1) is 6.08 Å². The molecule has 19 nitrogen and oxygen atoms in total. The van der Waals surface area contributed by atoms with Crippen LogP contribution in [0.5, 0.6) is 11.5 Å². The number of phenols is 2. The molecule has 0 spiro atoms. The van der Waals surface area contributed by atoms with Gasteiger partial charge in [-0.15, -0.1) is 20.5 Å². The number of nitrogens with one attached hydrogen (secondary N) is 3. The minimum atomic E-state index is -4.86. The van der Waals surface area contributed by atoms with Crippen LogP contribution >= 0.6 is 0 Å². The van der Waals surface area contributed by atoms with E-state index < -0.39 is 46.5 Å². The molecule has 0 saturated heterocycles. The van der Waals surface area contributed by atoms with Crippen LogP contribution in [-0.4, -0.2) is 73.5 Å². The van der Waals surface area contributed by atoms with Crippen LogP contribution in [0.3, 0.4) is 0 Å². The Balaban J connectivity index is 1.30. The molecule has 0 fully saturated rings. The number of halogens is 1. The summed E-state index contributed by atoms with van der Waals surface area (Å²) < 4.78 is 97.9. The number of azo groups is 2. The van der Waals surface area contributed by atoms with E-state index in [0.717, 1.165) is 12.1 Å². The van der Waals surface area contributed by atoms with Gasteiger partial charge in [0.25, 0.3) is 10.1 Å². The SMILES string of the molecule is CCS(=O)(=O)c1ccc(Nc2nc(F)nc(Nc3ccc(S(=O)(=O)O)c(N=Nc4c(NC)ccc5c(O)c(N=Nc6ccc(S(=O)(=O)CC)cc6O)ccc45)c3)n2)cc1. The monoisotopic (exact) mass is 864 g/mol. The minimum absolute atomic E-state index is 0.0249. The van der Waals surface area contributed by atoms with Gasteiger partial charge in [0.2, 0.25) is 11.9 Å². The van der Waals surface area contributed by atoms with Crippen LogP contribution < -0.4 is 16.0 Å². The zero-order valence-electron chi connectivity index (χ0n) is 31.0. The molecule has 0 aliphatic rings. The summed E-state index contributed by atoms with van der Waals surface area (Å²) in [5, 5.41) is 46.9. The Morgan fingerprint density at radius 3 is 1.81 bits per heavy atom. The van der Waals surface area contributed by atoms with Crippen molar-refractivity contribution in [3.8, 4) is 11.5 Å². The van der Waals surface area contributed by atoms with Crippen molar-refractivity contribution in [2.45, 2.75) is 28.5 Å². The molecular formula is C36H33FN10O9S3. The highest BCUT2D eigenvalue weighted by atomic mass is 32.2. The van der Waals surface area contributed by atoms with E-state index >= 15 is 0 Å². The third kappa shape index (κ3) is 9.38. The van der Waals surface area contributed by atoms with E-state index in [4.69, 9.17) is 0 Å². The van der Waals surface area contributed by atoms with Crippen molar-refractivity contribution < 1.29 is 44.4 Å². The normalized spacial score (nSPS) is 12.4. The van der Waals surface area contributed by atoms with E-state index in [1.54, 1.807) is 19.2 Å². The second-order valence-corrected chi connectivity index (χ2v) is 18.2. The molecule has 0 amide bonds. The van der Waals surface area contributed by atoms with E-state index in [9.17, 15) is 44.4 Å². The van der Waals surface area contributed by atoms with E-state index in [2.05, 4.69) is 51.4 Å². The fourth-order valence-corrected chi connectivity index (χ4v) is 7.82. The van der Waals surface area contributed by atoms with Gasteiger partial charge >= 0.3 is 6.08 Å². The molecule has 5 aromatic carbocycles. The van der Waals surface area contributed by atoms with E-state index in [-0.39, 0.29) is 72.8 Å². The maximum absolute atomic E-state index is 14.5. The summed E-state index contributed by atoms with van der Waals surface area (Å²) in [6.07, 6.45) is -1.19. The number of rotatable bonds is 14. The fraction of sp³-hybridized carbons (Fsp3) is 0.139. The Morgan fingerprint density at radius 1 is 0.627 bits per heavy atom. The number of nitrogens with zero attached hydrogens (tertiary/aromatic N) is 7. The first kappa shape index (κ1) is 41.9. The molecule has 0 bridgehead atoms. The maximum atomic E-state index is 14.5. The summed E-state index contributed by atoms with van der Waals surface area (Å²) >= 11 is 0. The largest absolute Gasteiger partial charge is 0.506 e. The van der Waals surface area contributed by atoms with Gasteiger partial charge in [-0.1, -0.05) is 13.8 Å². The van der Waals surface area contributed by atoms with Gasteiger partial charge in [0.1, 0.15) is 33.4 Å². The van der Waals surface area contributed by atoms with Crippen molar-refractivity contribution in [1.82, 2.24) is 15.0 Å². The highest BCUT2D eigenvalue weighted by molar-refractivity contribution is 7.91. The number of benzene rings is 5. The molecule has 306 valence electrons. The summed E-state index contributed by atoms with van der Waals surface area (Å²) in [5.41, 5.74) is 0.509. The molecule has 6 rings (SSSR count). The van der Waals surface area contributed by atoms with Crippen LogP contribution in [0.15, 0.2) is 120 Å². The zero-order valence-corrected chi connectivity index (χ0v) is 33.5. The third-order valence-electron chi connectivity index (χ3n) is 8.55. The zero-order chi connectivity index (χ0) is 42.7. The summed E-state index contributed by atoms with van der Waals surface area (Å²) in [5.74, 6) is -1.62. The highest BCUT2D eigenvalue weighted by Gasteiger charge is 2.19. The third-order valence-corrected chi connectivity index (χ3v) is 12.9. The summed E-state index contributed by atoms with van der Waals surface area (Å²) in [6.45, 7) is 2.98. The van der Waals surface area contributed by atoms with Crippen molar-refractivity contribution >= 4 is 92.3 Å². The van der Waals surface area contributed by atoms with Crippen LogP contribution in [0.2, 0.25) is 0 Å². The Hall–Kier alpha value is -6.69. The lowest BCUT2D eigenvalue weighted by molar-refractivity contribution is 0.473. The molecule has 0 radical (unpaired) electrons. The highest BCUT2D eigenvalue weighted by Crippen LogP contribution is 2.44. The number of fused-ring (bicyclic) bond motifs is 1. The van der Waals surface area contributed by atoms with E-state index in [1.807, 2.05) is 0 Å². The minimum Gasteiger partial charge on any atom is -0.506 e. The van der Waals surface area contributed by atoms with Crippen LogP contribution in [-0.2, 0) is 29.8 Å². The van der Waals surface area contributed by atoms with Gasteiger partial charge in [0.15, 0.2) is 25.4 Å². The average molecular weight is 865 g/mol. The summed E-state index contributed by atoms with van der Waals surface area (Å²) in [6, 6.07) is 18.7. The lowest BCUT2D eigenvalue weighted by Crippen LogP contribution is -2.07. The lowest BCUT2D eigenvalue weighted by Gasteiger charge is -2.11. The van der Waals surface area contributed by atoms with Gasteiger partial charge in [0.05, 0.1) is 27.0 Å². The predicted octanol–water partition coefficient (Wildman–Crippen LogP) is 7.77. The van der Waals surface area contributed by atoms with E-state index in [1.165, 1.54) is 74.5 Å². The molecule has 1 aromatic heterocycles. The number of aromatic nitrogens is 3. The van der Waals surface area contributed by atoms with Crippen molar-refractivity contribution in [2.75, 3.05) is 34.5 Å². The van der Waals surface area contributed by atoms with Crippen LogP contribution in [0.1, 0.15) is 13.8 Å². The van der Waals surface area contributed by atoms with Crippen molar-refractivity contribution in [2.24, 2.45) is 20.5 Å². The maximum Gasteiger partial charge on any atom is 0.315 e. The Bertz CT molecular complexity index is 3010. The average Bonchev–Trinajstić information content (AvgIpc) is 3.19. The molecule has 0 aliphatic heterocycles. The Kier molecular flexibility index (Phi) is 11.8. The quantitative estimate of drug-likeness (QED) is 0.0450. The lowest BCUT2D eigenvalue weighted by atomic mass is 10.1. The van der Waals surface area contributed by atoms with Crippen molar-refractivity contribution in [3.05, 3.63) is 91.0 Å². The first-order valence-corrected chi connectivity index (χ1v) is 21.9. The number of hydrogen-bond donors (Lipinski definition) is 6. The van der Waals surface area contributed by atoms with Crippen molar-refractivity contribution in [3.63, 3.8) is 0 Å². The van der Waals surface area contributed by atoms with Gasteiger partial charge in [-0.2, -0.15) is 27.8 Å². The Labute approximate surface area is 336 Å². The number of anilines is 5. The van der Waals surface area contributed by atoms with Gasteiger partial charge < -0.3 is 26.2 Å². The second-order valence-electron chi connectivity index (χ2n) is 12.3. The van der Waals surface area contributed by atoms with Gasteiger partial charge in [-0.05, 0) is 78.9 Å². The molecule has 6 aromatic rings. The van der Waals surface area contributed by atoms with Crippen LogP contribution in [0.4, 0.5) is 56.1 Å². The predicted molar refractivity (Wildman–Crippen MR) is 216 cm³/mol. The summed E-state index contributed by atoms with van der Waals surface area (Å²) in [4.78, 5) is 10.7. The topological polar surface area (TPSA) is 287 Å². The number of phenolic OH excluding ortho intramolecular Hbond substituents is 2. The van der Waals surface area contributed by atoms with Gasteiger partial charge in [-0.3, -0.25) is 4.55 Å². The second kappa shape index (κ2) is 16.7. The smallest absolute Gasteiger partial charge is 0.315 e. The van der Waals surface area contributed by atoms with Gasteiger partial charge in [-0.25, -0.2) is 16.8 Å². The van der Waals surface area contributed by atoms with Gasteiger partial charge in [0, 0.05) is 35.3 Å². The first-order chi connectivity index (χ1) is 27.9. The number of aromatic hydroxyl groups is 2. The van der Waals surface area contributed by atoms with Crippen molar-refractivity contribution in [1.29, 1.82) is 0 Å². The first-order valence-electron chi connectivity index (χ1n) is 17.2. The molecule has 6 N–H and O–H groups in total. The molecule has 0 aliphatic carbocycles.